The Balaban J connectivity index is 1.95. The number of halogens is 2. The van der Waals surface area contributed by atoms with E-state index in [0.717, 1.165) is 5.39 Å². The second-order valence-electron chi connectivity index (χ2n) is 6.30. The first-order valence-corrected chi connectivity index (χ1v) is 8.92. The van der Waals surface area contributed by atoms with E-state index >= 15 is 4.39 Å². The number of hydrogen-bond donors (Lipinski definition) is 0. The largest absolute Gasteiger partial charge is 0.454 e. The van der Waals surface area contributed by atoms with Crippen molar-refractivity contribution in [2.75, 3.05) is 0 Å². The molecular weight excluding hydrogens is 361 g/mol. The fraction of sp³-hybridized carbons (Fsp3) is 0. The first kappa shape index (κ1) is 16.0. The SMILES string of the molecule is Fc1c(-c2ccccc2)nc2c(oc3ccccc32)c1-c1cccc(Cl)c1. The van der Waals surface area contributed by atoms with Crippen molar-refractivity contribution in [2.45, 2.75) is 0 Å². The third-order valence-electron chi connectivity index (χ3n) is 4.61. The summed E-state index contributed by atoms with van der Waals surface area (Å²) in [4.78, 5) is 4.64. The van der Waals surface area contributed by atoms with E-state index in [0.29, 0.717) is 44.1 Å². The van der Waals surface area contributed by atoms with Crippen molar-refractivity contribution >= 4 is 33.7 Å². The highest BCUT2D eigenvalue weighted by Crippen LogP contribution is 2.40. The summed E-state index contributed by atoms with van der Waals surface area (Å²) in [5, 5.41) is 1.39. The van der Waals surface area contributed by atoms with Gasteiger partial charge in [0.05, 0.1) is 5.56 Å². The predicted octanol–water partition coefficient (Wildman–Crippen LogP) is 7.11. The van der Waals surface area contributed by atoms with Crippen LogP contribution in [-0.2, 0) is 0 Å². The lowest BCUT2D eigenvalue weighted by molar-refractivity contribution is 0.620. The molecule has 27 heavy (non-hydrogen) atoms. The van der Waals surface area contributed by atoms with Gasteiger partial charge in [0.1, 0.15) is 16.8 Å². The number of benzene rings is 3. The second kappa shape index (κ2) is 6.22. The van der Waals surface area contributed by atoms with Crippen molar-refractivity contribution in [1.82, 2.24) is 4.98 Å². The summed E-state index contributed by atoms with van der Waals surface area (Å²) >= 11 is 6.17. The molecule has 0 saturated heterocycles. The molecule has 2 heterocycles. The van der Waals surface area contributed by atoms with Crippen LogP contribution in [-0.4, -0.2) is 4.98 Å². The molecule has 0 bridgehead atoms. The van der Waals surface area contributed by atoms with Gasteiger partial charge < -0.3 is 4.42 Å². The number of aromatic nitrogens is 1. The summed E-state index contributed by atoms with van der Waals surface area (Å²) in [6.07, 6.45) is 0. The van der Waals surface area contributed by atoms with E-state index < -0.39 is 5.82 Å². The Kier molecular flexibility index (Phi) is 3.69. The number of hydrogen-bond acceptors (Lipinski definition) is 2. The molecule has 5 aromatic rings. The van der Waals surface area contributed by atoms with Gasteiger partial charge in [-0.15, -0.1) is 0 Å². The lowest BCUT2D eigenvalue weighted by Crippen LogP contribution is -1.95. The van der Waals surface area contributed by atoms with Crippen LogP contribution in [0.3, 0.4) is 0 Å². The van der Waals surface area contributed by atoms with Crippen LogP contribution in [0.25, 0.3) is 44.5 Å². The van der Waals surface area contributed by atoms with Crippen LogP contribution in [0.1, 0.15) is 0 Å². The van der Waals surface area contributed by atoms with E-state index in [4.69, 9.17) is 16.0 Å². The molecule has 0 aliphatic carbocycles. The summed E-state index contributed by atoms with van der Waals surface area (Å²) in [5.74, 6) is -0.421. The highest BCUT2D eigenvalue weighted by molar-refractivity contribution is 6.31. The Labute approximate surface area is 159 Å². The van der Waals surface area contributed by atoms with E-state index in [2.05, 4.69) is 4.98 Å². The maximum Gasteiger partial charge on any atom is 0.164 e. The van der Waals surface area contributed by atoms with Crippen molar-refractivity contribution < 1.29 is 8.81 Å². The molecule has 0 aliphatic rings. The van der Waals surface area contributed by atoms with Crippen LogP contribution < -0.4 is 0 Å². The molecule has 0 unspecified atom stereocenters. The molecule has 2 aromatic heterocycles. The number of pyridine rings is 1. The van der Waals surface area contributed by atoms with Crippen molar-refractivity contribution in [3.63, 3.8) is 0 Å². The van der Waals surface area contributed by atoms with Gasteiger partial charge in [0.15, 0.2) is 11.4 Å². The molecule has 2 nitrogen and oxygen atoms in total. The predicted molar refractivity (Wildman–Crippen MR) is 107 cm³/mol. The molecule has 0 saturated carbocycles. The van der Waals surface area contributed by atoms with Gasteiger partial charge in [-0.05, 0) is 29.8 Å². The van der Waals surface area contributed by atoms with Crippen LogP contribution in [0.15, 0.2) is 83.3 Å². The van der Waals surface area contributed by atoms with Gasteiger partial charge in [-0.2, -0.15) is 0 Å². The fourth-order valence-electron chi connectivity index (χ4n) is 3.38. The van der Waals surface area contributed by atoms with Crippen molar-refractivity contribution in [2.24, 2.45) is 0 Å². The maximum absolute atomic E-state index is 15.7. The van der Waals surface area contributed by atoms with Crippen LogP contribution >= 0.6 is 11.6 Å². The highest BCUT2D eigenvalue weighted by Gasteiger charge is 2.22. The fourth-order valence-corrected chi connectivity index (χ4v) is 3.57. The maximum atomic E-state index is 15.7. The normalized spacial score (nSPS) is 11.3. The van der Waals surface area contributed by atoms with Crippen LogP contribution in [0.2, 0.25) is 5.02 Å². The first-order chi connectivity index (χ1) is 13.2. The molecule has 0 aliphatic heterocycles. The Morgan fingerprint density at radius 1 is 0.815 bits per heavy atom. The van der Waals surface area contributed by atoms with E-state index in [1.807, 2.05) is 60.7 Å². The molecule has 0 fully saturated rings. The molecule has 5 rings (SSSR count). The Bertz CT molecular complexity index is 1290. The molecule has 3 aromatic carbocycles. The molecule has 0 radical (unpaired) electrons. The van der Waals surface area contributed by atoms with Gasteiger partial charge in [0.25, 0.3) is 0 Å². The summed E-state index contributed by atoms with van der Waals surface area (Å²) in [5.41, 5.74) is 3.78. The summed E-state index contributed by atoms with van der Waals surface area (Å²) in [7, 11) is 0. The minimum absolute atomic E-state index is 0.296. The Hall–Kier alpha value is -3.17. The zero-order valence-corrected chi connectivity index (χ0v) is 14.9. The monoisotopic (exact) mass is 373 g/mol. The molecule has 4 heteroatoms. The quantitative estimate of drug-likeness (QED) is 0.329. The first-order valence-electron chi connectivity index (χ1n) is 8.54. The molecule has 0 atom stereocenters. The lowest BCUT2D eigenvalue weighted by Gasteiger charge is -2.10. The number of rotatable bonds is 2. The minimum atomic E-state index is -0.421. The van der Waals surface area contributed by atoms with Crippen molar-refractivity contribution in [3.8, 4) is 22.4 Å². The summed E-state index contributed by atoms with van der Waals surface area (Å²) in [6, 6.07) is 24.1. The minimum Gasteiger partial charge on any atom is -0.454 e. The van der Waals surface area contributed by atoms with Gasteiger partial charge in [0, 0.05) is 16.0 Å². The van der Waals surface area contributed by atoms with Gasteiger partial charge in [-0.25, -0.2) is 9.37 Å². The molecule has 0 spiro atoms. The van der Waals surface area contributed by atoms with Crippen LogP contribution in [0.5, 0.6) is 0 Å². The topological polar surface area (TPSA) is 26.0 Å². The average Bonchev–Trinajstić information content (AvgIpc) is 3.06. The number of fused-ring (bicyclic) bond motifs is 3. The van der Waals surface area contributed by atoms with E-state index in [1.54, 1.807) is 18.2 Å². The second-order valence-corrected chi connectivity index (χ2v) is 6.74. The van der Waals surface area contributed by atoms with Gasteiger partial charge >= 0.3 is 0 Å². The van der Waals surface area contributed by atoms with Gasteiger partial charge in [-0.3, -0.25) is 0 Å². The van der Waals surface area contributed by atoms with Crippen LogP contribution in [0, 0.1) is 5.82 Å². The molecular formula is C23H13ClFNO. The average molecular weight is 374 g/mol. The third kappa shape index (κ3) is 2.59. The van der Waals surface area contributed by atoms with Crippen molar-refractivity contribution in [3.05, 3.63) is 89.7 Å². The third-order valence-corrected chi connectivity index (χ3v) is 4.84. The number of furan rings is 1. The summed E-state index contributed by atoms with van der Waals surface area (Å²) < 4.78 is 21.7. The Morgan fingerprint density at radius 2 is 1.56 bits per heavy atom. The van der Waals surface area contributed by atoms with Crippen LogP contribution in [0.4, 0.5) is 4.39 Å². The zero-order valence-electron chi connectivity index (χ0n) is 14.1. The van der Waals surface area contributed by atoms with E-state index in [-0.39, 0.29) is 0 Å². The van der Waals surface area contributed by atoms with E-state index in [1.165, 1.54) is 0 Å². The lowest BCUT2D eigenvalue weighted by atomic mass is 10.0. The zero-order chi connectivity index (χ0) is 18.4. The smallest absolute Gasteiger partial charge is 0.164 e. The standard InChI is InChI=1S/C23H13ClFNO/c24-16-10-6-9-15(13-16)19-20(25)21(14-7-2-1-3-8-14)26-22-17-11-4-5-12-18(17)27-23(19)22/h1-13H. The number of para-hydroxylation sites is 1. The van der Waals surface area contributed by atoms with Gasteiger partial charge in [-0.1, -0.05) is 66.2 Å². The highest BCUT2D eigenvalue weighted by atomic mass is 35.5. The molecule has 130 valence electrons. The van der Waals surface area contributed by atoms with E-state index in [9.17, 15) is 0 Å². The Morgan fingerprint density at radius 3 is 2.37 bits per heavy atom. The molecule has 0 amide bonds. The number of nitrogens with zero attached hydrogens (tertiary/aromatic N) is 1. The van der Waals surface area contributed by atoms with Gasteiger partial charge in [0.2, 0.25) is 0 Å². The molecule has 0 N–H and O–H groups in total. The van der Waals surface area contributed by atoms with Crippen molar-refractivity contribution in [1.29, 1.82) is 0 Å². The summed E-state index contributed by atoms with van der Waals surface area (Å²) in [6.45, 7) is 0.